The Bertz CT molecular complexity index is 341. The molecule has 0 saturated heterocycles. The van der Waals surface area contributed by atoms with Gasteiger partial charge in [-0.15, -0.1) is 0 Å². The van der Waals surface area contributed by atoms with Crippen LogP contribution in [0, 0.1) is 5.92 Å². The molecule has 1 aromatic heterocycles. The van der Waals surface area contributed by atoms with Crippen LogP contribution in [0.15, 0.2) is 12.4 Å². The maximum atomic E-state index is 4.42. The monoisotopic (exact) mass is 248 g/mol. The van der Waals surface area contributed by atoms with Crippen molar-refractivity contribution in [2.45, 2.75) is 52.1 Å². The summed E-state index contributed by atoms with van der Waals surface area (Å²) in [5.74, 6) is 1.61. The predicted octanol–water partition coefficient (Wildman–Crippen LogP) is 2.58. The SMILES string of the molecule is CCC(CC)CNc1cnc(CNC2CC2)cn1. The first-order valence-electron chi connectivity index (χ1n) is 7.10. The lowest BCUT2D eigenvalue weighted by molar-refractivity contribution is 0.518. The molecule has 100 valence electrons. The number of nitrogens with one attached hydrogen (secondary N) is 2. The van der Waals surface area contributed by atoms with Crippen LogP contribution in [0.25, 0.3) is 0 Å². The molecule has 2 N–H and O–H groups in total. The van der Waals surface area contributed by atoms with Crippen LogP contribution in [0.3, 0.4) is 0 Å². The molecule has 18 heavy (non-hydrogen) atoms. The minimum atomic E-state index is 0.722. The quantitative estimate of drug-likeness (QED) is 0.742. The minimum Gasteiger partial charge on any atom is -0.369 e. The van der Waals surface area contributed by atoms with E-state index in [0.717, 1.165) is 36.6 Å². The van der Waals surface area contributed by atoms with Crippen LogP contribution in [0.1, 0.15) is 45.2 Å². The second kappa shape index (κ2) is 6.69. The summed E-state index contributed by atoms with van der Waals surface area (Å²) in [7, 11) is 0. The van der Waals surface area contributed by atoms with Gasteiger partial charge in [0.1, 0.15) is 5.82 Å². The highest BCUT2D eigenvalue weighted by Crippen LogP contribution is 2.19. The lowest BCUT2D eigenvalue weighted by Crippen LogP contribution is -2.17. The van der Waals surface area contributed by atoms with Gasteiger partial charge in [-0.25, -0.2) is 4.98 Å². The van der Waals surface area contributed by atoms with E-state index in [2.05, 4.69) is 34.4 Å². The Morgan fingerprint density at radius 1 is 1.22 bits per heavy atom. The van der Waals surface area contributed by atoms with Crippen molar-refractivity contribution in [1.29, 1.82) is 0 Å². The molecule has 1 fully saturated rings. The first-order chi connectivity index (χ1) is 8.81. The van der Waals surface area contributed by atoms with Gasteiger partial charge in [-0.2, -0.15) is 0 Å². The summed E-state index contributed by atoms with van der Waals surface area (Å²) in [6.07, 6.45) is 8.74. The molecule has 0 atom stereocenters. The molecule has 1 aliphatic rings. The van der Waals surface area contributed by atoms with E-state index < -0.39 is 0 Å². The van der Waals surface area contributed by atoms with Gasteiger partial charge in [0, 0.05) is 19.1 Å². The average Bonchev–Trinajstić information content (AvgIpc) is 3.23. The number of hydrogen-bond acceptors (Lipinski definition) is 4. The van der Waals surface area contributed by atoms with E-state index in [-0.39, 0.29) is 0 Å². The fraction of sp³-hybridized carbons (Fsp3) is 0.714. The van der Waals surface area contributed by atoms with Crippen molar-refractivity contribution < 1.29 is 0 Å². The number of hydrogen-bond donors (Lipinski definition) is 2. The van der Waals surface area contributed by atoms with Gasteiger partial charge in [0.25, 0.3) is 0 Å². The van der Waals surface area contributed by atoms with Crippen LogP contribution in [-0.2, 0) is 6.54 Å². The van der Waals surface area contributed by atoms with E-state index in [1.165, 1.54) is 25.7 Å². The van der Waals surface area contributed by atoms with E-state index in [9.17, 15) is 0 Å². The molecule has 0 aliphatic heterocycles. The molecule has 0 spiro atoms. The molecule has 1 saturated carbocycles. The maximum Gasteiger partial charge on any atom is 0.144 e. The molecule has 0 amide bonds. The van der Waals surface area contributed by atoms with Gasteiger partial charge in [0.15, 0.2) is 0 Å². The van der Waals surface area contributed by atoms with Crippen molar-refractivity contribution in [3.63, 3.8) is 0 Å². The first-order valence-corrected chi connectivity index (χ1v) is 7.10. The summed E-state index contributed by atoms with van der Waals surface area (Å²) >= 11 is 0. The average molecular weight is 248 g/mol. The topological polar surface area (TPSA) is 49.8 Å². The van der Waals surface area contributed by atoms with Gasteiger partial charge in [-0.3, -0.25) is 4.98 Å². The number of rotatable bonds is 8. The molecule has 1 aromatic rings. The number of aromatic nitrogens is 2. The normalized spacial score (nSPS) is 15.1. The van der Waals surface area contributed by atoms with Crippen LogP contribution < -0.4 is 10.6 Å². The predicted molar refractivity (Wildman–Crippen MR) is 74.5 cm³/mol. The van der Waals surface area contributed by atoms with Crippen LogP contribution in [0.2, 0.25) is 0 Å². The summed E-state index contributed by atoms with van der Waals surface area (Å²) in [6, 6.07) is 0.722. The Kier molecular flexibility index (Phi) is 4.93. The summed E-state index contributed by atoms with van der Waals surface area (Å²) in [5.41, 5.74) is 1.02. The Morgan fingerprint density at radius 2 is 2.00 bits per heavy atom. The number of anilines is 1. The molecular formula is C14H24N4. The largest absolute Gasteiger partial charge is 0.369 e. The maximum absolute atomic E-state index is 4.42. The molecule has 4 nitrogen and oxygen atoms in total. The molecule has 0 aromatic carbocycles. The summed E-state index contributed by atoms with van der Waals surface area (Å²) in [6.45, 7) is 6.29. The van der Waals surface area contributed by atoms with E-state index >= 15 is 0 Å². The summed E-state index contributed by atoms with van der Waals surface area (Å²) in [5, 5.41) is 6.79. The summed E-state index contributed by atoms with van der Waals surface area (Å²) in [4.78, 5) is 8.82. The lowest BCUT2D eigenvalue weighted by Gasteiger charge is -2.13. The fourth-order valence-corrected chi connectivity index (χ4v) is 1.90. The van der Waals surface area contributed by atoms with Crippen molar-refractivity contribution >= 4 is 5.82 Å². The Hall–Kier alpha value is -1.16. The number of nitrogens with zero attached hydrogens (tertiary/aromatic N) is 2. The standard InChI is InChI=1S/C14H24N4/c1-3-11(4-2)7-17-14-10-16-13(9-18-14)8-15-12-5-6-12/h9-12,15H,3-8H2,1-2H3,(H,17,18). The van der Waals surface area contributed by atoms with Crippen molar-refractivity contribution in [1.82, 2.24) is 15.3 Å². The fourth-order valence-electron chi connectivity index (χ4n) is 1.90. The molecule has 2 rings (SSSR count). The molecule has 0 radical (unpaired) electrons. The molecule has 1 aliphatic carbocycles. The molecule has 0 bridgehead atoms. The minimum absolute atomic E-state index is 0.722. The van der Waals surface area contributed by atoms with E-state index in [4.69, 9.17) is 0 Å². The zero-order chi connectivity index (χ0) is 12.8. The smallest absolute Gasteiger partial charge is 0.144 e. The van der Waals surface area contributed by atoms with E-state index in [0.29, 0.717) is 0 Å². The van der Waals surface area contributed by atoms with E-state index in [1.807, 2.05) is 12.4 Å². The molecule has 4 heteroatoms. The Morgan fingerprint density at radius 3 is 2.56 bits per heavy atom. The Balaban J connectivity index is 1.75. The van der Waals surface area contributed by atoms with Crippen molar-refractivity contribution in [3.05, 3.63) is 18.1 Å². The van der Waals surface area contributed by atoms with Gasteiger partial charge in [0.2, 0.25) is 0 Å². The second-order valence-corrected chi connectivity index (χ2v) is 5.11. The van der Waals surface area contributed by atoms with Crippen LogP contribution >= 0.6 is 0 Å². The summed E-state index contributed by atoms with van der Waals surface area (Å²) < 4.78 is 0. The molecule has 1 heterocycles. The van der Waals surface area contributed by atoms with E-state index in [1.54, 1.807) is 0 Å². The van der Waals surface area contributed by atoms with Crippen LogP contribution in [0.4, 0.5) is 5.82 Å². The molecule has 0 unspecified atom stereocenters. The zero-order valence-electron chi connectivity index (χ0n) is 11.4. The highest BCUT2D eigenvalue weighted by atomic mass is 15.0. The van der Waals surface area contributed by atoms with Crippen molar-refractivity contribution in [3.8, 4) is 0 Å². The van der Waals surface area contributed by atoms with Crippen molar-refractivity contribution in [2.75, 3.05) is 11.9 Å². The van der Waals surface area contributed by atoms with Gasteiger partial charge >= 0.3 is 0 Å². The third-order valence-corrected chi connectivity index (χ3v) is 3.58. The Labute approximate surface area is 110 Å². The van der Waals surface area contributed by atoms with Crippen LogP contribution in [-0.4, -0.2) is 22.6 Å². The van der Waals surface area contributed by atoms with Crippen molar-refractivity contribution in [2.24, 2.45) is 5.92 Å². The third-order valence-electron chi connectivity index (χ3n) is 3.58. The third kappa shape index (κ3) is 4.26. The lowest BCUT2D eigenvalue weighted by atomic mass is 10.0. The highest BCUT2D eigenvalue weighted by molar-refractivity contribution is 5.30. The second-order valence-electron chi connectivity index (χ2n) is 5.11. The van der Waals surface area contributed by atoms with Gasteiger partial charge in [0.05, 0.1) is 18.1 Å². The van der Waals surface area contributed by atoms with Crippen LogP contribution in [0.5, 0.6) is 0 Å². The van der Waals surface area contributed by atoms with Gasteiger partial charge in [-0.1, -0.05) is 26.7 Å². The molecular weight excluding hydrogens is 224 g/mol. The van der Waals surface area contributed by atoms with Gasteiger partial charge < -0.3 is 10.6 Å². The highest BCUT2D eigenvalue weighted by Gasteiger charge is 2.20. The first kappa shape index (κ1) is 13.3. The zero-order valence-corrected chi connectivity index (χ0v) is 11.4. The van der Waals surface area contributed by atoms with Gasteiger partial charge in [-0.05, 0) is 18.8 Å².